The Morgan fingerprint density at radius 3 is 2.64 bits per heavy atom. The molecule has 0 spiro atoms. The van der Waals surface area contributed by atoms with E-state index in [0.717, 1.165) is 48.3 Å². The maximum Gasteiger partial charge on any atom is 0.221 e. The average molecular weight is 492 g/mol. The molecule has 9 nitrogen and oxygen atoms in total. The highest BCUT2D eigenvalue weighted by Crippen LogP contribution is 2.33. The van der Waals surface area contributed by atoms with Crippen LogP contribution in [0.15, 0.2) is 36.5 Å². The van der Waals surface area contributed by atoms with Gasteiger partial charge in [-0.25, -0.2) is 14.4 Å². The second kappa shape index (κ2) is 10.2. The number of aryl methyl sites for hydroxylation is 1. The largest absolute Gasteiger partial charge is 0.369 e. The average Bonchev–Trinajstić information content (AvgIpc) is 3.43. The van der Waals surface area contributed by atoms with E-state index in [1.807, 2.05) is 36.0 Å². The second-order valence-electron chi connectivity index (χ2n) is 9.38. The van der Waals surface area contributed by atoms with E-state index in [2.05, 4.69) is 51.0 Å². The number of pyridine rings is 1. The SMILES string of the molecule is CCNC1CCN(c2ccc(-c3nc(N)nc(-c4ccc5nn(C)c(C(C)C)c5c4)c3F)nc2)C1.N. The first-order chi connectivity index (χ1) is 16.9. The monoisotopic (exact) mass is 491 g/mol. The minimum atomic E-state index is -0.540. The standard InChI is InChI=1S/C26H31FN8.H3N/c1-5-29-17-10-11-35(14-17)18-7-9-21(30-13-18)24-22(27)23(31-26(28)32-24)16-6-8-20-19(12-16)25(15(2)3)34(4)33-20;/h6-9,12-13,15,17,29H,5,10-11,14H2,1-4H3,(H2,28,31,32);1H3. The lowest BCUT2D eigenvalue weighted by molar-refractivity contribution is 0.572. The molecule has 1 aliphatic heterocycles. The summed E-state index contributed by atoms with van der Waals surface area (Å²) in [4.78, 5) is 15.3. The molecular formula is C26H34FN9. The molecule has 1 unspecified atom stereocenters. The minimum absolute atomic E-state index is 0. The molecular weight excluding hydrogens is 457 g/mol. The zero-order chi connectivity index (χ0) is 24.7. The summed E-state index contributed by atoms with van der Waals surface area (Å²) >= 11 is 0. The first-order valence-electron chi connectivity index (χ1n) is 12.1. The number of nitrogens with zero attached hydrogens (tertiary/aromatic N) is 6. The Kier molecular flexibility index (Phi) is 7.18. The van der Waals surface area contributed by atoms with Gasteiger partial charge in [0.2, 0.25) is 5.95 Å². The molecule has 36 heavy (non-hydrogen) atoms. The molecule has 10 heteroatoms. The van der Waals surface area contributed by atoms with Crippen LogP contribution >= 0.6 is 0 Å². The van der Waals surface area contributed by atoms with Gasteiger partial charge >= 0.3 is 0 Å². The topological polar surface area (TPSA) is 133 Å². The molecule has 6 N–H and O–H groups in total. The summed E-state index contributed by atoms with van der Waals surface area (Å²) in [6, 6.07) is 9.87. The van der Waals surface area contributed by atoms with Crippen molar-refractivity contribution >= 4 is 22.5 Å². The van der Waals surface area contributed by atoms with Gasteiger partial charge in [0.25, 0.3) is 0 Å². The van der Waals surface area contributed by atoms with E-state index >= 15 is 4.39 Å². The van der Waals surface area contributed by atoms with Gasteiger partial charge in [0.1, 0.15) is 11.4 Å². The van der Waals surface area contributed by atoms with Gasteiger partial charge in [0, 0.05) is 42.8 Å². The zero-order valence-corrected chi connectivity index (χ0v) is 21.3. The summed E-state index contributed by atoms with van der Waals surface area (Å²) in [7, 11) is 1.92. The lowest BCUT2D eigenvalue weighted by Gasteiger charge is -2.19. The van der Waals surface area contributed by atoms with Gasteiger partial charge in [-0.3, -0.25) is 9.67 Å². The zero-order valence-electron chi connectivity index (χ0n) is 21.3. The van der Waals surface area contributed by atoms with E-state index in [1.54, 1.807) is 12.3 Å². The van der Waals surface area contributed by atoms with E-state index in [0.29, 0.717) is 17.3 Å². The van der Waals surface area contributed by atoms with Gasteiger partial charge in [-0.05, 0) is 43.1 Å². The van der Waals surface area contributed by atoms with Crippen LogP contribution in [0.2, 0.25) is 0 Å². The van der Waals surface area contributed by atoms with Gasteiger partial charge < -0.3 is 22.1 Å². The minimum Gasteiger partial charge on any atom is -0.369 e. The summed E-state index contributed by atoms with van der Waals surface area (Å²) < 4.78 is 17.6. The molecule has 4 aromatic rings. The number of nitrogens with two attached hydrogens (primary N) is 1. The fourth-order valence-corrected chi connectivity index (χ4v) is 5.04. The number of halogens is 1. The molecule has 1 aromatic carbocycles. The maximum atomic E-state index is 15.8. The van der Waals surface area contributed by atoms with E-state index in [4.69, 9.17) is 5.73 Å². The van der Waals surface area contributed by atoms with Gasteiger partial charge in [0.15, 0.2) is 5.82 Å². The Morgan fingerprint density at radius 1 is 1.17 bits per heavy atom. The van der Waals surface area contributed by atoms with E-state index in [1.165, 1.54) is 0 Å². The van der Waals surface area contributed by atoms with E-state index in [-0.39, 0.29) is 29.4 Å². The van der Waals surface area contributed by atoms with Crippen LogP contribution in [0.5, 0.6) is 0 Å². The molecule has 1 fully saturated rings. The Labute approximate surface area is 210 Å². The number of rotatable bonds is 6. The van der Waals surface area contributed by atoms with Crippen LogP contribution in [0.3, 0.4) is 0 Å². The Bertz CT molecular complexity index is 1360. The highest BCUT2D eigenvalue weighted by molar-refractivity contribution is 5.87. The highest BCUT2D eigenvalue weighted by atomic mass is 19.1. The fraction of sp³-hybridized carbons (Fsp3) is 0.385. The van der Waals surface area contributed by atoms with Crippen molar-refractivity contribution in [2.45, 2.75) is 39.2 Å². The maximum absolute atomic E-state index is 15.8. The Hall–Kier alpha value is -3.63. The van der Waals surface area contributed by atoms with Crippen molar-refractivity contribution in [3.05, 3.63) is 48.0 Å². The normalized spacial score (nSPS) is 15.6. The molecule has 0 bridgehead atoms. The number of benzene rings is 1. The first kappa shape index (κ1) is 25.5. The van der Waals surface area contributed by atoms with Gasteiger partial charge in [-0.15, -0.1) is 0 Å². The number of anilines is 2. The number of nitrogens with one attached hydrogen (secondary N) is 1. The predicted octanol–water partition coefficient (Wildman–Crippen LogP) is 4.29. The first-order valence-corrected chi connectivity index (χ1v) is 12.1. The van der Waals surface area contributed by atoms with Crippen molar-refractivity contribution in [3.8, 4) is 22.6 Å². The number of nitrogen functional groups attached to an aromatic ring is 1. The van der Waals surface area contributed by atoms with Crippen LogP contribution in [-0.4, -0.2) is 50.4 Å². The Morgan fingerprint density at radius 2 is 1.94 bits per heavy atom. The van der Waals surface area contributed by atoms with Crippen LogP contribution in [-0.2, 0) is 7.05 Å². The summed E-state index contributed by atoms with van der Waals surface area (Å²) in [5.41, 5.74) is 10.3. The van der Waals surface area contributed by atoms with Crippen molar-refractivity contribution in [1.29, 1.82) is 0 Å². The van der Waals surface area contributed by atoms with Crippen LogP contribution in [0, 0.1) is 5.82 Å². The summed E-state index contributed by atoms with van der Waals surface area (Å²) in [5, 5.41) is 9.04. The molecule has 5 rings (SSSR count). The van der Waals surface area contributed by atoms with Gasteiger partial charge in [0.05, 0.1) is 23.1 Å². The third kappa shape index (κ3) is 4.61. The molecule has 0 radical (unpaired) electrons. The number of aromatic nitrogens is 5. The third-order valence-electron chi connectivity index (χ3n) is 6.60. The Balaban J connectivity index is 0.00000304. The molecule has 1 atom stereocenters. The summed E-state index contributed by atoms with van der Waals surface area (Å²) in [6.45, 7) is 9.20. The van der Waals surface area contributed by atoms with Crippen molar-refractivity contribution < 1.29 is 4.39 Å². The fourth-order valence-electron chi connectivity index (χ4n) is 5.04. The number of hydrogen-bond acceptors (Lipinski definition) is 8. The molecule has 0 saturated carbocycles. The quantitative estimate of drug-likeness (QED) is 0.364. The lowest BCUT2D eigenvalue weighted by atomic mass is 10.0. The summed E-state index contributed by atoms with van der Waals surface area (Å²) in [6.07, 6.45) is 2.87. The van der Waals surface area contributed by atoms with Crippen LogP contribution in [0.25, 0.3) is 33.5 Å². The molecule has 4 heterocycles. The lowest BCUT2D eigenvalue weighted by Crippen LogP contribution is -2.32. The predicted molar refractivity (Wildman–Crippen MR) is 143 cm³/mol. The van der Waals surface area contributed by atoms with E-state index in [9.17, 15) is 0 Å². The van der Waals surface area contributed by atoms with E-state index < -0.39 is 5.82 Å². The van der Waals surface area contributed by atoms with Crippen molar-refractivity contribution in [2.24, 2.45) is 7.05 Å². The van der Waals surface area contributed by atoms with Gasteiger partial charge in [-0.2, -0.15) is 5.10 Å². The van der Waals surface area contributed by atoms with Gasteiger partial charge in [-0.1, -0.05) is 26.8 Å². The van der Waals surface area contributed by atoms with Crippen LogP contribution in [0.4, 0.5) is 16.0 Å². The molecule has 3 aromatic heterocycles. The third-order valence-corrected chi connectivity index (χ3v) is 6.60. The van der Waals surface area contributed by atoms with Crippen LogP contribution < -0.4 is 22.1 Å². The molecule has 190 valence electrons. The summed E-state index contributed by atoms with van der Waals surface area (Å²) in [5.74, 6) is -0.268. The highest BCUT2D eigenvalue weighted by Gasteiger charge is 2.23. The number of fused-ring (bicyclic) bond motifs is 1. The molecule has 1 aliphatic rings. The number of likely N-dealkylation sites (N-methyl/N-ethyl adjacent to an activating group) is 1. The van der Waals surface area contributed by atoms with Crippen LogP contribution in [0.1, 0.15) is 38.8 Å². The molecule has 0 amide bonds. The van der Waals surface area contributed by atoms with Crippen molar-refractivity contribution in [1.82, 2.24) is 36.2 Å². The second-order valence-corrected chi connectivity index (χ2v) is 9.38. The number of hydrogen-bond donors (Lipinski definition) is 3. The molecule has 0 aliphatic carbocycles. The van der Waals surface area contributed by atoms with Crippen molar-refractivity contribution in [3.63, 3.8) is 0 Å². The smallest absolute Gasteiger partial charge is 0.221 e. The molecule has 1 saturated heterocycles. The van der Waals surface area contributed by atoms with Crippen molar-refractivity contribution in [2.75, 3.05) is 30.3 Å².